The molecule has 44 heavy (non-hydrogen) atoms. The number of ether oxygens (including phenoxy) is 1. The molecule has 1 amide bonds. The summed E-state index contributed by atoms with van der Waals surface area (Å²) in [5.41, 5.74) is 11.7. The Labute approximate surface area is 256 Å². The third kappa shape index (κ3) is 5.35. The zero-order valence-corrected chi connectivity index (χ0v) is 24.9. The summed E-state index contributed by atoms with van der Waals surface area (Å²) in [6.45, 7) is 1.38. The van der Waals surface area contributed by atoms with Gasteiger partial charge in [0.2, 0.25) is 5.91 Å². The molecule has 9 nitrogen and oxygen atoms in total. The normalized spacial score (nSPS) is 16.2. The lowest BCUT2D eigenvalue weighted by molar-refractivity contribution is -0.123. The van der Waals surface area contributed by atoms with Crippen molar-refractivity contribution in [1.82, 2.24) is 29.6 Å². The van der Waals surface area contributed by atoms with Gasteiger partial charge >= 0.3 is 0 Å². The molecule has 1 aliphatic rings. The second kappa shape index (κ2) is 12.0. The summed E-state index contributed by atoms with van der Waals surface area (Å²) < 4.78 is 7.67. The third-order valence-electron chi connectivity index (χ3n) is 9.06. The number of hydrogen-bond acceptors (Lipinski definition) is 5. The van der Waals surface area contributed by atoms with Crippen molar-refractivity contribution in [2.75, 3.05) is 13.7 Å². The monoisotopic (exact) mass is 587 g/mol. The number of carbonyl (C=O) groups is 1. The fourth-order valence-electron chi connectivity index (χ4n) is 6.78. The van der Waals surface area contributed by atoms with Crippen LogP contribution in [-0.4, -0.2) is 55.2 Å². The molecule has 0 bridgehead atoms. The van der Waals surface area contributed by atoms with E-state index in [4.69, 9.17) is 20.7 Å². The first-order valence-electron chi connectivity index (χ1n) is 15.3. The van der Waals surface area contributed by atoms with Crippen LogP contribution in [0, 0.1) is 0 Å². The van der Waals surface area contributed by atoms with Gasteiger partial charge in [-0.05, 0) is 73.2 Å². The molecule has 9 heteroatoms. The van der Waals surface area contributed by atoms with Crippen LogP contribution < -0.4 is 10.5 Å². The van der Waals surface area contributed by atoms with Crippen LogP contribution in [0.15, 0.2) is 85.2 Å². The highest BCUT2D eigenvalue weighted by Gasteiger charge is 2.38. The van der Waals surface area contributed by atoms with Crippen LogP contribution in [0.3, 0.4) is 0 Å². The number of nitrogens with zero attached hydrogens (tertiary/aromatic N) is 4. The molecule has 1 fully saturated rings. The van der Waals surface area contributed by atoms with Gasteiger partial charge in [-0.15, -0.1) is 10.2 Å². The second-order valence-corrected chi connectivity index (χ2v) is 11.6. The number of nitrogens with two attached hydrogens (primary N) is 1. The predicted octanol–water partition coefficient (Wildman–Crippen LogP) is 5.32. The molecule has 4 N–H and O–H groups in total. The third-order valence-corrected chi connectivity index (χ3v) is 9.06. The summed E-state index contributed by atoms with van der Waals surface area (Å²) in [4.78, 5) is 21.7. The van der Waals surface area contributed by atoms with Gasteiger partial charge in [0.1, 0.15) is 11.6 Å². The first kappa shape index (κ1) is 27.9. The van der Waals surface area contributed by atoms with Crippen molar-refractivity contribution in [3.63, 3.8) is 0 Å². The summed E-state index contributed by atoms with van der Waals surface area (Å²) in [5.74, 6) is 2.30. The van der Waals surface area contributed by atoms with Gasteiger partial charge in [0.15, 0.2) is 5.82 Å². The SMILES string of the molecule is COc1ccc(Cn2c(CCc3c[nH]c4ccccc34)nnc2[C@@H](Cc2c[nH]c3ccccc23)N2CCCC2C(N)=O)cc1. The number of H-pyrrole nitrogens is 2. The largest absolute Gasteiger partial charge is 0.497 e. The molecule has 3 aromatic carbocycles. The van der Waals surface area contributed by atoms with E-state index in [0.717, 1.165) is 66.2 Å². The first-order valence-corrected chi connectivity index (χ1v) is 15.3. The molecule has 0 aliphatic carbocycles. The van der Waals surface area contributed by atoms with Crippen LogP contribution in [0.1, 0.15) is 47.2 Å². The molecule has 0 spiro atoms. The van der Waals surface area contributed by atoms with E-state index in [1.807, 2.05) is 24.3 Å². The number of carbonyl (C=O) groups excluding carboxylic acids is 1. The van der Waals surface area contributed by atoms with Crippen LogP contribution in [0.2, 0.25) is 0 Å². The average molecular weight is 588 g/mol. The minimum absolute atomic E-state index is 0.179. The molecule has 0 saturated carbocycles. The molecule has 2 atom stereocenters. The molecule has 1 unspecified atom stereocenters. The van der Waals surface area contributed by atoms with Gasteiger partial charge in [0.05, 0.1) is 25.7 Å². The summed E-state index contributed by atoms with van der Waals surface area (Å²) in [7, 11) is 1.68. The number of rotatable bonds is 11. The van der Waals surface area contributed by atoms with E-state index < -0.39 is 0 Å². The number of benzene rings is 3. The smallest absolute Gasteiger partial charge is 0.234 e. The molecule has 6 aromatic rings. The molecular formula is C35H37N7O2. The van der Waals surface area contributed by atoms with Crippen LogP contribution in [0.4, 0.5) is 0 Å². The standard InChI is InChI=1S/C35H37N7O2/c1-44-26-15-12-23(13-16-26)22-42-33(17-14-24-20-37-29-9-4-2-7-27(24)29)39-40-35(42)32(41-18-6-11-31(41)34(36)43)19-25-21-38-30-10-5-3-8-28(25)30/h2-5,7-10,12-13,15-16,20-21,31-32,37-38H,6,11,14,17-19,22H2,1H3,(H2,36,43)/t31?,32-/m1/s1. The molecule has 0 radical (unpaired) electrons. The Balaban J connectivity index is 1.29. The highest BCUT2D eigenvalue weighted by Crippen LogP contribution is 2.34. The fraction of sp³-hybridized carbons (Fsp3) is 0.286. The number of aromatic nitrogens is 5. The van der Waals surface area contributed by atoms with E-state index in [1.54, 1.807) is 7.11 Å². The van der Waals surface area contributed by atoms with Crippen LogP contribution in [0.25, 0.3) is 21.8 Å². The Hall–Kier alpha value is -4.89. The number of fused-ring (bicyclic) bond motifs is 2. The number of para-hydroxylation sites is 2. The quantitative estimate of drug-likeness (QED) is 0.190. The topological polar surface area (TPSA) is 118 Å². The van der Waals surface area contributed by atoms with Gasteiger partial charge in [-0.1, -0.05) is 48.5 Å². The molecule has 224 valence electrons. The van der Waals surface area contributed by atoms with Crippen molar-refractivity contribution in [3.8, 4) is 5.75 Å². The lowest BCUT2D eigenvalue weighted by Crippen LogP contribution is -2.43. The Bertz CT molecular complexity index is 1900. The number of primary amides is 1. The van der Waals surface area contributed by atoms with E-state index in [9.17, 15) is 4.79 Å². The van der Waals surface area contributed by atoms with Crippen molar-refractivity contribution in [2.24, 2.45) is 5.73 Å². The van der Waals surface area contributed by atoms with Crippen molar-refractivity contribution in [1.29, 1.82) is 0 Å². The number of amides is 1. The number of hydrogen-bond donors (Lipinski definition) is 3. The van der Waals surface area contributed by atoms with Crippen LogP contribution in [0.5, 0.6) is 5.75 Å². The van der Waals surface area contributed by atoms with Crippen molar-refractivity contribution in [3.05, 3.63) is 114 Å². The minimum Gasteiger partial charge on any atom is -0.497 e. The zero-order valence-electron chi connectivity index (χ0n) is 24.9. The van der Waals surface area contributed by atoms with E-state index in [0.29, 0.717) is 13.0 Å². The van der Waals surface area contributed by atoms with Crippen LogP contribution in [-0.2, 0) is 30.6 Å². The predicted molar refractivity (Wildman–Crippen MR) is 171 cm³/mol. The number of likely N-dealkylation sites (tertiary alicyclic amines) is 1. The van der Waals surface area contributed by atoms with E-state index >= 15 is 0 Å². The lowest BCUT2D eigenvalue weighted by Gasteiger charge is -2.31. The van der Waals surface area contributed by atoms with Crippen LogP contribution >= 0.6 is 0 Å². The molecule has 7 rings (SSSR count). The van der Waals surface area contributed by atoms with Gasteiger partial charge in [-0.25, -0.2) is 0 Å². The van der Waals surface area contributed by atoms with Gasteiger partial charge in [-0.3, -0.25) is 9.69 Å². The number of nitrogens with one attached hydrogen (secondary N) is 2. The Morgan fingerprint density at radius 3 is 2.32 bits per heavy atom. The lowest BCUT2D eigenvalue weighted by atomic mass is 10.0. The van der Waals surface area contributed by atoms with Crippen molar-refractivity contribution >= 4 is 27.7 Å². The summed E-state index contributed by atoms with van der Waals surface area (Å²) in [6.07, 6.45) is 8.07. The van der Waals surface area contributed by atoms with Gasteiger partial charge in [0, 0.05) is 40.6 Å². The number of methoxy groups -OCH3 is 1. The van der Waals surface area contributed by atoms with Crippen molar-refractivity contribution in [2.45, 2.75) is 50.7 Å². The molecule has 1 aliphatic heterocycles. The van der Waals surface area contributed by atoms with E-state index in [2.05, 4.69) is 80.4 Å². The number of aromatic amines is 2. The highest BCUT2D eigenvalue weighted by atomic mass is 16.5. The first-order chi connectivity index (χ1) is 21.6. The average Bonchev–Trinajstić information content (AvgIpc) is 3.86. The summed E-state index contributed by atoms with van der Waals surface area (Å²) in [5, 5.41) is 12.1. The molecular weight excluding hydrogens is 550 g/mol. The minimum atomic E-state index is -0.342. The maximum atomic E-state index is 12.7. The Morgan fingerprint density at radius 2 is 1.61 bits per heavy atom. The van der Waals surface area contributed by atoms with Gasteiger partial charge in [-0.2, -0.15) is 0 Å². The van der Waals surface area contributed by atoms with E-state index in [-0.39, 0.29) is 18.0 Å². The zero-order chi connectivity index (χ0) is 30.0. The maximum Gasteiger partial charge on any atom is 0.234 e. The summed E-state index contributed by atoms with van der Waals surface area (Å²) in [6, 6.07) is 24.3. The highest BCUT2D eigenvalue weighted by molar-refractivity contribution is 5.84. The molecule has 3 aromatic heterocycles. The number of aryl methyl sites for hydroxylation is 2. The van der Waals surface area contributed by atoms with Crippen molar-refractivity contribution < 1.29 is 9.53 Å². The second-order valence-electron chi connectivity index (χ2n) is 11.6. The molecule has 1 saturated heterocycles. The fourth-order valence-corrected chi connectivity index (χ4v) is 6.78. The molecule has 4 heterocycles. The van der Waals surface area contributed by atoms with Gasteiger partial charge < -0.3 is 25.0 Å². The summed E-state index contributed by atoms with van der Waals surface area (Å²) >= 11 is 0. The Kier molecular flexibility index (Phi) is 7.62. The Morgan fingerprint density at radius 1 is 0.932 bits per heavy atom. The maximum absolute atomic E-state index is 12.7. The van der Waals surface area contributed by atoms with Gasteiger partial charge in [0.25, 0.3) is 0 Å². The van der Waals surface area contributed by atoms with E-state index in [1.165, 1.54) is 21.9 Å².